The third kappa shape index (κ3) is 8.07. The van der Waals surface area contributed by atoms with Gasteiger partial charge in [-0.2, -0.15) is 0 Å². The Labute approximate surface area is 536 Å². The molecule has 16 aromatic rings. The van der Waals surface area contributed by atoms with Crippen LogP contribution in [0.4, 0.5) is 34.1 Å². The van der Waals surface area contributed by atoms with Gasteiger partial charge in [0.15, 0.2) is 0 Å². The SMILES string of the molecule is c1ccc(N(c2ccc(-c3ccc(N(c4ccccc4)c4ccc(-c5cc6cccc7c6c6c(cccc56)C7(c5ccccc5)c5ccccc5)cc4)cc3)cc2)c2ccc(-c3cc4cccc5c4c4c(cccc34)C5(c3ccccc3)c3ccccc3)cc2)cc1. The van der Waals surface area contributed by atoms with Crippen molar-refractivity contribution in [1.82, 2.24) is 0 Å². The highest BCUT2D eigenvalue weighted by molar-refractivity contribution is 6.22. The third-order valence-electron chi connectivity index (χ3n) is 19.9. The lowest BCUT2D eigenvalue weighted by Gasteiger charge is -2.34. The summed E-state index contributed by atoms with van der Waals surface area (Å²) in [5, 5.41) is 10.4. The number of hydrogen-bond acceptors (Lipinski definition) is 2. The Morgan fingerprint density at radius 2 is 0.435 bits per heavy atom. The van der Waals surface area contributed by atoms with Crippen LogP contribution in [0.1, 0.15) is 44.5 Å². The first kappa shape index (κ1) is 53.2. The first-order valence-electron chi connectivity index (χ1n) is 32.0. The van der Waals surface area contributed by atoms with E-state index in [1.54, 1.807) is 0 Å². The van der Waals surface area contributed by atoms with Crippen molar-refractivity contribution in [3.05, 3.63) is 408 Å². The van der Waals surface area contributed by atoms with Crippen molar-refractivity contribution in [3.63, 3.8) is 0 Å². The lowest BCUT2D eigenvalue weighted by molar-refractivity contribution is 0.771. The highest BCUT2D eigenvalue weighted by atomic mass is 15.1. The van der Waals surface area contributed by atoms with Gasteiger partial charge in [0.1, 0.15) is 0 Å². The molecule has 0 amide bonds. The molecule has 0 saturated carbocycles. The number of benzene rings is 16. The van der Waals surface area contributed by atoms with Gasteiger partial charge in [-0.3, -0.25) is 0 Å². The van der Waals surface area contributed by atoms with E-state index < -0.39 is 10.8 Å². The Kier molecular flexibility index (Phi) is 12.4. The summed E-state index contributed by atoms with van der Waals surface area (Å²) in [5.74, 6) is 0. The molecule has 0 aliphatic heterocycles. The monoisotopic (exact) mass is 1170 g/mol. The molecule has 2 nitrogen and oxygen atoms in total. The average molecular weight is 1170 g/mol. The van der Waals surface area contributed by atoms with Crippen LogP contribution in [-0.4, -0.2) is 0 Å². The number of rotatable bonds is 13. The molecule has 16 aromatic carbocycles. The lowest BCUT2D eigenvalue weighted by Crippen LogP contribution is -2.28. The van der Waals surface area contributed by atoms with E-state index in [0.29, 0.717) is 0 Å². The van der Waals surface area contributed by atoms with E-state index in [4.69, 9.17) is 0 Å². The molecule has 0 fully saturated rings. The number of hydrogen-bond donors (Lipinski definition) is 0. The van der Waals surface area contributed by atoms with Crippen LogP contribution in [0.25, 0.3) is 76.5 Å². The fourth-order valence-corrected chi connectivity index (χ4v) is 16.1. The van der Waals surface area contributed by atoms with E-state index in [0.717, 1.165) is 45.3 Å². The standard InChI is InChI=1S/C90H60N2/c1-7-25-67(26-8-1)89(68-27-9-2-10-28-68)81-39-19-23-65-59-79(77-37-21-41-83(89)87(77)85(65)81)63-47-55-75(56-48-63)91(71-33-15-5-16-34-71)73-51-43-61(44-52-73)62-45-53-74(54-46-62)92(72-35-17-6-18-36-72)76-57-49-64(50-58-76)80-60-66-24-20-40-82-86(66)88-78(80)38-22-42-84(88)90(82,69-29-11-3-12-30-69)70-31-13-4-14-32-70/h1-60H. The summed E-state index contributed by atoms with van der Waals surface area (Å²) >= 11 is 0. The first-order chi connectivity index (χ1) is 45.6. The van der Waals surface area contributed by atoms with Crippen LogP contribution in [0.2, 0.25) is 0 Å². The molecule has 0 unspecified atom stereocenters. The molecule has 2 heteroatoms. The van der Waals surface area contributed by atoms with Gasteiger partial charge in [0.25, 0.3) is 0 Å². The molecule has 0 N–H and O–H groups in total. The van der Waals surface area contributed by atoms with E-state index >= 15 is 0 Å². The Balaban J connectivity index is 0.659. The molecular formula is C90H60N2. The zero-order valence-corrected chi connectivity index (χ0v) is 50.5. The maximum Gasteiger partial charge on any atom is 0.0714 e. The largest absolute Gasteiger partial charge is 0.311 e. The second-order valence-electron chi connectivity index (χ2n) is 24.6. The number of para-hydroxylation sites is 2. The minimum absolute atomic E-state index is 0.443. The van der Waals surface area contributed by atoms with E-state index in [1.165, 1.54) is 110 Å². The average Bonchev–Trinajstić information content (AvgIpc) is 1.53. The molecule has 0 atom stereocenters. The van der Waals surface area contributed by atoms with Crippen LogP contribution >= 0.6 is 0 Å². The smallest absolute Gasteiger partial charge is 0.0714 e. The molecular weight excluding hydrogens is 1110 g/mol. The van der Waals surface area contributed by atoms with Crippen LogP contribution in [0.3, 0.4) is 0 Å². The fourth-order valence-electron chi connectivity index (χ4n) is 16.1. The zero-order valence-electron chi connectivity index (χ0n) is 50.5. The zero-order chi connectivity index (χ0) is 60.7. The third-order valence-corrected chi connectivity index (χ3v) is 19.9. The minimum atomic E-state index is -0.443. The molecule has 0 bridgehead atoms. The predicted molar refractivity (Wildman–Crippen MR) is 386 cm³/mol. The van der Waals surface area contributed by atoms with Crippen molar-refractivity contribution in [2.75, 3.05) is 9.80 Å². The summed E-state index contributed by atoms with van der Waals surface area (Å²) in [6.07, 6.45) is 0. The molecule has 2 aliphatic rings. The van der Waals surface area contributed by atoms with Crippen LogP contribution in [0.5, 0.6) is 0 Å². The van der Waals surface area contributed by atoms with Crippen LogP contribution in [0, 0.1) is 0 Å². The van der Waals surface area contributed by atoms with Crippen LogP contribution < -0.4 is 9.80 Å². The molecule has 18 rings (SSSR count). The van der Waals surface area contributed by atoms with Gasteiger partial charge in [-0.15, -0.1) is 0 Å². The summed E-state index contributed by atoms with van der Waals surface area (Å²) in [7, 11) is 0. The van der Waals surface area contributed by atoms with Crippen molar-refractivity contribution in [1.29, 1.82) is 0 Å². The summed E-state index contributed by atoms with van der Waals surface area (Å²) < 4.78 is 0. The normalized spacial score (nSPS) is 13.2. The molecule has 0 saturated heterocycles. The van der Waals surface area contributed by atoms with E-state index in [-0.39, 0.29) is 0 Å². The van der Waals surface area contributed by atoms with Gasteiger partial charge in [0, 0.05) is 34.1 Å². The van der Waals surface area contributed by atoms with E-state index in [1.807, 2.05) is 0 Å². The number of nitrogens with zero attached hydrogens (tertiary/aromatic N) is 2. The summed E-state index contributed by atoms with van der Waals surface area (Å²) in [5.41, 5.74) is 23.3. The Morgan fingerprint density at radius 1 is 0.185 bits per heavy atom. The van der Waals surface area contributed by atoms with Crippen LogP contribution in [0.15, 0.2) is 364 Å². The maximum absolute atomic E-state index is 2.42. The van der Waals surface area contributed by atoms with Gasteiger partial charge in [-0.05, 0) is 206 Å². The molecule has 0 radical (unpaired) electrons. The summed E-state index contributed by atoms with van der Waals surface area (Å²) in [6, 6.07) is 135. The minimum Gasteiger partial charge on any atom is -0.311 e. The lowest BCUT2D eigenvalue weighted by atomic mass is 9.67. The molecule has 430 valence electrons. The molecule has 92 heavy (non-hydrogen) atoms. The van der Waals surface area contributed by atoms with Crippen molar-refractivity contribution >= 4 is 77.2 Å². The van der Waals surface area contributed by atoms with E-state index in [2.05, 4.69) is 374 Å². The van der Waals surface area contributed by atoms with Gasteiger partial charge < -0.3 is 9.80 Å². The quantitative estimate of drug-likeness (QED) is 0.106. The molecule has 0 aromatic heterocycles. The van der Waals surface area contributed by atoms with Crippen LogP contribution in [-0.2, 0) is 10.8 Å². The highest BCUT2D eigenvalue weighted by Gasteiger charge is 2.47. The predicted octanol–water partition coefficient (Wildman–Crippen LogP) is 23.6. The Bertz CT molecular complexity index is 5020. The summed E-state index contributed by atoms with van der Waals surface area (Å²) in [6.45, 7) is 0. The van der Waals surface area contributed by atoms with Gasteiger partial charge >= 0.3 is 0 Å². The molecule has 0 spiro atoms. The van der Waals surface area contributed by atoms with Crippen molar-refractivity contribution < 1.29 is 0 Å². The molecule has 0 heterocycles. The second-order valence-corrected chi connectivity index (χ2v) is 24.6. The van der Waals surface area contributed by atoms with Gasteiger partial charge in [0.05, 0.1) is 10.8 Å². The fraction of sp³-hybridized carbons (Fsp3) is 0.0222. The molecule has 2 aliphatic carbocycles. The Hall–Kier alpha value is -11.8. The Morgan fingerprint density at radius 3 is 0.739 bits per heavy atom. The van der Waals surface area contributed by atoms with Gasteiger partial charge in [-0.1, -0.05) is 279 Å². The van der Waals surface area contributed by atoms with E-state index in [9.17, 15) is 0 Å². The van der Waals surface area contributed by atoms with Gasteiger partial charge in [-0.25, -0.2) is 0 Å². The summed E-state index contributed by atoms with van der Waals surface area (Å²) in [4.78, 5) is 4.72. The van der Waals surface area contributed by atoms with Gasteiger partial charge in [0.2, 0.25) is 0 Å². The number of anilines is 6. The maximum atomic E-state index is 2.42. The first-order valence-corrected chi connectivity index (χ1v) is 32.0. The highest BCUT2D eigenvalue weighted by Crippen LogP contribution is 2.59. The van der Waals surface area contributed by atoms with Crippen molar-refractivity contribution in [2.24, 2.45) is 0 Å². The van der Waals surface area contributed by atoms with Crippen molar-refractivity contribution in [2.45, 2.75) is 10.8 Å². The van der Waals surface area contributed by atoms with Crippen molar-refractivity contribution in [3.8, 4) is 33.4 Å². The second kappa shape index (κ2) is 21.4. The topological polar surface area (TPSA) is 6.48 Å².